The van der Waals surface area contributed by atoms with Crippen LogP contribution in [-0.4, -0.2) is 25.8 Å². The molecule has 6 heteroatoms. The van der Waals surface area contributed by atoms with Crippen LogP contribution in [0.4, 0.5) is 5.69 Å². The van der Waals surface area contributed by atoms with Crippen molar-refractivity contribution in [1.29, 1.82) is 0 Å². The molecule has 0 bridgehead atoms. The van der Waals surface area contributed by atoms with Gasteiger partial charge >= 0.3 is 0 Å². The van der Waals surface area contributed by atoms with Crippen LogP contribution in [0.25, 0.3) is 0 Å². The van der Waals surface area contributed by atoms with Gasteiger partial charge < -0.3 is 5.32 Å². The Morgan fingerprint density at radius 2 is 2.00 bits per heavy atom. The van der Waals surface area contributed by atoms with Gasteiger partial charge in [-0.3, -0.25) is 4.79 Å². The van der Waals surface area contributed by atoms with E-state index in [1.807, 2.05) is 13.0 Å². The average Bonchev–Trinajstić information content (AvgIpc) is 2.19. The first kappa shape index (κ1) is 14.2. The molecule has 1 amide bonds. The highest BCUT2D eigenvalue weighted by molar-refractivity contribution is 9.10. The summed E-state index contributed by atoms with van der Waals surface area (Å²) in [6.45, 7) is 3.21. The molecular formula is C11H14BrNO3S. The van der Waals surface area contributed by atoms with E-state index in [9.17, 15) is 13.2 Å². The van der Waals surface area contributed by atoms with E-state index in [-0.39, 0.29) is 0 Å². The standard InChI is InChI=1S/C11H14BrNO3S/c1-7-6-9(12)4-5-10(7)13-11(14)8(2)17(3,15)16/h4-6,8H,1-3H3,(H,13,14). The molecule has 0 aliphatic rings. The van der Waals surface area contributed by atoms with Crippen molar-refractivity contribution in [3.8, 4) is 0 Å². The minimum atomic E-state index is -3.36. The molecule has 1 aromatic carbocycles. The molecule has 1 rings (SSSR count). The molecule has 4 nitrogen and oxygen atoms in total. The largest absolute Gasteiger partial charge is 0.325 e. The highest BCUT2D eigenvalue weighted by Gasteiger charge is 2.23. The summed E-state index contributed by atoms with van der Waals surface area (Å²) in [5.41, 5.74) is 1.49. The maximum atomic E-state index is 11.7. The number of aryl methyl sites for hydroxylation is 1. The zero-order valence-corrected chi connectivity index (χ0v) is 12.2. The van der Waals surface area contributed by atoms with Gasteiger partial charge in [-0.05, 0) is 37.6 Å². The average molecular weight is 320 g/mol. The van der Waals surface area contributed by atoms with Crippen LogP contribution in [0, 0.1) is 6.92 Å². The summed E-state index contributed by atoms with van der Waals surface area (Å²) in [7, 11) is -3.36. The SMILES string of the molecule is Cc1cc(Br)ccc1NC(=O)C(C)S(C)(=O)=O. The molecule has 0 fully saturated rings. The van der Waals surface area contributed by atoms with Gasteiger partial charge in [0.1, 0.15) is 5.25 Å². The fourth-order valence-electron chi connectivity index (χ4n) is 1.20. The number of carbonyl (C=O) groups excluding carboxylic acids is 1. The van der Waals surface area contributed by atoms with Crippen LogP contribution in [0.1, 0.15) is 12.5 Å². The summed E-state index contributed by atoms with van der Waals surface area (Å²) in [6, 6.07) is 5.36. The molecule has 0 aliphatic carbocycles. The number of halogens is 1. The Kier molecular flexibility index (Phi) is 4.32. The molecule has 0 heterocycles. The molecule has 1 unspecified atom stereocenters. The molecular weight excluding hydrogens is 306 g/mol. The number of rotatable bonds is 3. The van der Waals surface area contributed by atoms with Crippen molar-refractivity contribution >= 4 is 37.4 Å². The lowest BCUT2D eigenvalue weighted by atomic mass is 10.2. The molecule has 1 aromatic rings. The summed E-state index contributed by atoms with van der Waals surface area (Å²) in [5.74, 6) is -0.516. The monoisotopic (exact) mass is 319 g/mol. The summed E-state index contributed by atoms with van der Waals surface area (Å²) in [4.78, 5) is 11.7. The van der Waals surface area contributed by atoms with Gasteiger partial charge in [-0.1, -0.05) is 15.9 Å². The molecule has 0 aliphatic heterocycles. The van der Waals surface area contributed by atoms with E-state index in [1.54, 1.807) is 12.1 Å². The normalized spacial score (nSPS) is 13.2. The van der Waals surface area contributed by atoms with Crippen LogP contribution >= 0.6 is 15.9 Å². The topological polar surface area (TPSA) is 63.2 Å². The van der Waals surface area contributed by atoms with E-state index < -0.39 is 21.0 Å². The van der Waals surface area contributed by atoms with Crippen molar-refractivity contribution in [1.82, 2.24) is 0 Å². The van der Waals surface area contributed by atoms with Crippen LogP contribution in [-0.2, 0) is 14.6 Å². The van der Waals surface area contributed by atoms with Crippen molar-refractivity contribution in [2.45, 2.75) is 19.1 Å². The second-order valence-corrected chi connectivity index (χ2v) is 7.20. The van der Waals surface area contributed by atoms with Crippen LogP contribution in [0.3, 0.4) is 0 Å². The van der Waals surface area contributed by atoms with Crippen molar-refractivity contribution in [3.05, 3.63) is 28.2 Å². The molecule has 94 valence electrons. The number of hydrogen-bond donors (Lipinski definition) is 1. The Bertz CT molecular complexity index is 540. The van der Waals surface area contributed by atoms with Gasteiger partial charge in [-0.2, -0.15) is 0 Å². The molecule has 0 saturated carbocycles. The molecule has 0 saturated heterocycles. The van der Waals surface area contributed by atoms with E-state index in [4.69, 9.17) is 0 Å². The first-order valence-corrected chi connectivity index (χ1v) is 7.72. The summed E-state index contributed by atoms with van der Waals surface area (Å²) < 4.78 is 23.4. The van der Waals surface area contributed by atoms with Crippen molar-refractivity contribution in [3.63, 3.8) is 0 Å². The number of carbonyl (C=O) groups is 1. The van der Waals surface area contributed by atoms with Gasteiger partial charge in [0.2, 0.25) is 5.91 Å². The lowest BCUT2D eigenvalue weighted by Gasteiger charge is -2.12. The van der Waals surface area contributed by atoms with Gasteiger partial charge in [0.05, 0.1) is 0 Å². The summed E-state index contributed by atoms with van der Waals surface area (Å²) in [5, 5.41) is 1.55. The van der Waals surface area contributed by atoms with Gasteiger partial charge in [-0.25, -0.2) is 8.42 Å². The van der Waals surface area contributed by atoms with Gasteiger partial charge in [-0.15, -0.1) is 0 Å². The lowest BCUT2D eigenvalue weighted by molar-refractivity contribution is -0.115. The van der Waals surface area contributed by atoms with Gasteiger partial charge in [0.15, 0.2) is 9.84 Å². The Hall–Kier alpha value is -0.880. The predicted molar refractivity (Wildman–Crippen MR) is 71.8 cm³/mol. The lowest BCUT2D eigenvalue weighted by Crippen LogP contribution is -2.31. The quantitative estimate of drug-likeness (QED) is 0.928. The predicted octanol–water partition coefficient (Wildman–Crippen LogP) is 2.13. The highest BCUT2D eigenvalue weighted by Crippen LogP contribution is 2.20. The maximum absolute atomic E-state index is 11.7. The number of sulfone groups is 1. The van der Waals surface area contributed by atoms with E-state index >= 15 is 0 Å². The minimum Gasteiger partial charge on any atom is -0.325 e. The van der Waals surface area contributed by atoms with E-state index in [0.29, 0.717) is 5.69 Å². The third kappa shape index (κ3) is 3.81. The summed E-state index contributed by atoms with van der Waals surface area (Å²) in [6.07, 6.45) is 1.05. The Labute approximate surface area is 109 Å². The van der Waals surface area contributed by atoms with Crippen LogP contribution in [0.5, 0.6) is 0 Å². The van der Waals surface area contributed by atoms with E-state index in [0.717, 1.165) is 16.3 Å². The van der Waals surface area contributed by atoms with Crippen molar-refractivity contribution < 1.29 is 13.2 Å². The van der Waals surface area contributed by atoms with Crippen molar-refractivity contribution in [2.24, 2.45) is 0 Å². The molecule has 0 radical (unpaired) electrons. The fourth-order valence-corrected chi connectivity index (χ4v) is 2.12. The highest BCUT2D eigenvalue weighted by atomic mass is 79.9. The van der Waals surface area contributed by atoms with Crippen LogP contribution in [0.2, 0.25) is 0 Å². The second kappa shape index (κ2) is 5.18. The third-order valence-electron chi connectivity index (χ3n) is 2.46. The van der Waals surface area contributed by atoms with E-state index in [2.05, 4.69) is 21.2 Å². The Balaban J connectivity index is 2.89. The number of amides is 1. The molecule has 0 spiro atoms. The first-order valence-electron chi connectivity index (χ1n) is 4.97. The van der Waals surface area contributed by atoms with Crippen LogP contribution in [0.15, 0.2) is 22.7 Å². The first-order chi connectivity index (χ1) is 7.71. The molecule has 17 heavy (non-hydrogen) atoms. The molecule has 1 atom stereocenters. The van der Waals surface area contributed by atoms with Gasteiger partial charge in [0, 0.05) is 16.4 Å². The smallest absolute Gasteiger partial charge is 0.242 e. The third-order valence-corrected chi connectivity index (χ3v) is 4.45. The number of anilines is 1. The Morgan fingerprint density at radius 1 is 1.41 bits per heavy atom. The summed E-state index contributed by atoms with van der Waals surface area (Å²) >= 11 is 3.31. The maximum Gasteiger partial charge on any atom is 0.242 e. The van der Waals surface area contributed by atoms with E-state index in [1.165, 1.54) is 6.92 Å². The number of benzene rings is 1. The van der Waals surface area contributed by atoms with Crippen LogP contribution < -0.4 is 5.32 Å². The van der Waals surface area contributed by atoms with Crippen molar-refractivity contribution in [2.75, 3.05) is 11.6 Å². The number of hydrogen-bond acceptors (Lipinski definition) is 3. The minimum absolute atomic E-state index is 0.516. The Morgan fingerprint density at radius 3 is 2.47 bits per heavy atom. The van der Waals surface area contributed by atoms with Gasteiger partial charge in [0.25, 0.3) is 0 Å². The zero-order valence-electron chi connectivity index (χ0n) is 9.82. The molecule has 1 N–H and O–H groups in total. The zero-order chi connectivity index (χ0) is 13.2. The fraction of sp³-hybridized carbons (Fsp3) is 0.364. The number of nitrogens with one attached hydrogen (secondary N) is 1. The molecule has 0 aromatic heterocycles. The second-order valence-electron chi connectivity index (χ2n) is 3.92.